The van der Waals surface area contributed by atoms with Crippen molar-refractivity contribution in [3.05, 3.63) is 219 Å². The van der Waals surface area contributed by atoms with Gasteiger partial charge in [0.05, 0.1) is 23.3 Å². The summed E-state index contributed by atoms with van der Waals surface area (Å²) in [6.07, 6.45) is 2.63. The van der Waals surface area contributed by atoms with Crippen LogP contribution in [0.25, 0.3) is 11.1 Å². The van der Waals surface area contributed by atoms with Crippen LogP contribution < -0.4 is 14.8 Å². The fourth-order valence-corrected chi connectivity index (χ4v) is 9.44. The quantitative estimate of drug-likeness (QED) is 0.0595. The molecular weight excluding hydrogens is 922 g/mol. The van der Waals surface area contributed by atoms with Gasteiger partial charge in [0.2, 0.25) is 0 Å². The molecule has 1 amide bonds. The number of hydrogen-bond donors (Lipinski definition) is 1. The van der Waals surface area contributed by atoms with Crippen LogP contribution in [0.2, 0.25) is 10.0 Å². The highest BCUT2D eigenvalue weighted by Gasteiger charge is 2.39. The van der Waals surface area contributed by atoms with E-state index in [0.29, 0.717) is 11.1 Å². The number of pyridine rings is 1. The molecule has 7 aromatic rings. The van der Waals surface area contributed by atoms with E-state index in [1.807, 2.05) is 140 Å². The minimum Gasteiger partial charge on any atom is -0.489 e. The maximum atomic E-state index is 14.9. The second-order valence-corrected chi connectivity index (χ2v) is 17.8. The highest BCUT2D eigenvalue weighted by Crippen LogP contribution is 2.45. The van der Waals surface area contributed by atoms with E-state index in [4.69, 9.17) is 46.9 Å². The summed E-state index contributed by atoms with van der Waals surface area (Å²) in [5.74, 6) is -0.921. The lowest BCUT2D eigenvalue weighted by molar-refractivity contribution is -0.152. The van der Waals surface area contributed by atoms with Crippen LogP contribution in [0.5, 0.6) is 11.5 Å². The number of carbonyl (C=O) groups is 2. The third-order valence-corrected chi connectivity index (χ3v) is 13.2. The molecule has 2 atom stereocenters. The number of ether oxygens (including phenoxy) is 5. The number of alkyl halides is 2. The summed E-state index contributed by atoms with van der Waals surface area (Å²) < 4.78 is 57.5. The van der Waals surface area contributed by atoms with Gasteiger partial charge >= 0.3 is 18.7 Å². The van der Waals surface area contributed by atoms with Crippen LogP contribution in [0.4, 0.5) is 13.6 Å². The van der Waals surface area contributed by atoms with Gasteiger partial charge in [-0.1, -0.05) is 169 Å². The van der Waals surface area contributed by atoms with E-state index in [1.165, 1.54) is 30.6 Å². The van der Waals surface area contributed by atoms with Crippen LogP contribution in [0.15, 0.2) is 170 Å². The Morgan fingerprint density at radius 1 is 0.696 bits per heavy atom. The molecule has 0 unspecified atom stereocenters. The minimum atomic E-state index is -3.11. The summed E-state index contributed by atoms with van der Waals surface area (Å²) >= 11 is 13.3. The number of rotatable bonds is 20. The van der Waals surface area contributed by atoms with Crippen molar-refractivity contribution in [2.45, 2.75) is 56.0 Å². The summed E-state index contributed by atoms with van der Waals surface area (Å²) in [6, 6.07) is 48.4. The first-order valence-corrected chi connectivity index (χ1v) is 23.6. The number of fused-ring (bicyclic) bond motifs is 3. The molecule has 9 rings (SSSR count). The predicted octanol–water partition coefficient (Wildman–Crippen LogP) is 12.9. The van der Waals surface area contributed by atoms with Crippen molar-refractivity contribution in [3.63, 3.8) is 0 Å². The van der Waals surface area contributed by atoms with E-state index in [9.17, 15) is 18.4 Å². The van der Waals surface area contributed by atoms with Gasteiger partial charge in [0.15, 0.2) is 11.5 Å². The molecule has 0 aliphatic heterocycles. The van der Waals surface area contributed by atoms with Crippen molar-refractivity contribution >= 4 is 35.3 Å². The Labute approximate surface area is 409 Å². The normalized spacial score (nSPS) is 14.0. The lowest BCUT2D eigenvalue weighted by Gasteiger charge is -2.36. The van der Waals surface area contributed by atoms with E-state index >= 15 is 0 Å². The van der Waals surface area contributed by atoms with Gasteiger partial charge in [-0.2, -0.15) is 8.78 Å². The van der Waals surface area contributed by atoms with Crippen molar-refractivity contribution in [2.75, 3.05) is 19.8 Å². The fourth-order valence-electron chi connectivity index (χ4n) is 8.92. The highest BCUT2D eigenvalue weighted by molar-refractivity contribution is 6.35. The molecular formula is C56H48Cl2F2N2O7. The van der Waals surface area contributed by atoms with Crippen molar-refractivity contribution < 1.29 is 42.1 Å². The Morgan fingerprint density at radius 3 is 1.80 bits per heavy atom. The molecule has 0 bridgehead atoms. The Morgan fingerprint density at radius 2 is 1.25 bits per heavy atom. The maximum Gasteiger partial charge on any atom is 0.407 e. The highest BCUT2D eigenvalue weighted by atomic mass is 35.5. The number of hydrogen-bond acceptors (Lipinski definition) is 8. The van der Waals surface area contributed by atoms with E-state index in [0.717, 1.165) is 51.8 Å². The van der Waals surface area contributed by atoms with Gasteiger partial charge in [0, 0.05) is 31.2 Å². The largest absolute Gasteiger partial charge is 0.489 e. The van der Waals surface area contributed by atoms with E-state index < -0.39 is 36.4 Å². The number of esters is 1. The molecule has 0 saturated heterocycles. The van der Waals surface area contributed by atoms with Gasteiger partial charge in [-0.25, -0.2) is 9.59 Å². The minimum absolute atomic E-state index is 0.00437. The summed E-state index contributed by atoms with van der Waals surface area (Å²) in [5.41, 5.74) is 6.36. The first-order chi connectivity index (χ1) is 33.7. The first kappa shape index (κ1) is 47.3. The van der Waals surface area contributed by atoms with Crippen LogP contribution in [-0.4, -0.2) is 49.5 Å². The maximum absolute atomic E-state index is 14.9. The second-order valence-electron chi connectivity index (χ2n) is 17.0. The van der Waals surface area contributed by atoms with Crippen LogP contribution in [0.3, 0.4) is 0 Å². The van der Waals surface area contributed by atoms with Crippen molar-refractivity contribution in [1.82, 2.24) is 10.3 Å². The zero-order valence-corrected chi connectivity index (χ0v) is 38.8. The Hall–Kier alpha value is -6.79. The SMILES string of the molecule is O=C(N[C@H](CCOC(c1ccccc1)(c1ccccc1)c1ccccc1)C(=O)O[C@@H](Cc1c(Cl)cncc1Cl)c1ccc(OC(F)F)c(OCC2CC2)c1)OCC1c2ccccc2-c2ccccc21. The summed E-state index contributed by atoms with van der Waals surface area (Å²) in [4.78, 5) is 33.1. The Bertz CT molecular complexity index is 2710. The monoisotopic (exact) mass is 968 g/mol. The molecule has 69 heavy (non-hydrogen) atoms. The zero-order valence-electron chi connectivity index (χ0n) is 37.3. The van der Waals surface area contributed by atoms with Crippen molar-refractivity contribution in [3.8, 4) is 22.6 Å². The lowest BCUT2D eigenvalue weighted by Crippen LogP contribution is -2.44. The molecule has 1 fully saturated rings. The molecule has 1 heterocycles. The lowest BCUT2D eigenvalue weighted by atomic mass is 9.80. The smallest absolute Gasteiger partial charge is 0.407 e. The number of nitrogens with zero attached hydrogens (tertiary/aromatic N) is 1. The van der Waals surface area contributed by atoms with Gasteiger partial charge < -0.3 is 29.0 Å². The first-order valence-electron chi connectivity index (χ1n) is 22.8. The van der Waals surface area contributed by atoms with Gasteiger partial charge in [-0.3, -0.25) is 4.98 Å². The topological polar surface area (TPSA) is 105 Å². The molecule has 6 aromatic carbocycles. The number of alkyl carbamates (subject to hydrolysis) is 1. The van der Waals surface area contributed by atoms with Crippen LogP contribution >= 0.6 is 23.2 Å². The van der Waals surface area contributed by atoms with Crippen LogP contribution in [0.1, 0.15) is 70.2 Å². The van der Waals surface area contributed by atoms with Gasteiger partial charge in [0.25, 0.3) is 0 Å². The zero-order chi connectivity index (χ0) is 47.7. The summed E-state index contributed by atoms with van der Waals surface area (Å²) in [6.45, 7) is -2.89. The number of nitrogens with one attached hydrogen (secondary N) is 1. The third kappa shape index (κ3) is 10.9. The van der Waals surface area contributed by atoms with Crippen molar-refractivity contribution in [2.24, 2.45) is 5.92 Å². The molecule has 2 aliphatic rings. The van der Waals surface area contributed by atoms with Gasteiger partial charge in [-0.15, -0.1) is 0 Å². The Kier molecular flexibility index (Phi) is 14.8. The van der Waals surface area contributed by atoms with E-state index in [1.54, 1.807) is 0 Å². The van der Waals surface area contributed by atoms with Gasteiger partial charge in [0.1, 0.15) is 24.4 Å². The molecule has 1 aromatic heterocycles. The molecule has 1 saturated carbocycles. The second kappa shape index (κ2) is 21.7. The average Bonchev–Trinajstić information content (AvgIpc) is 4.16. The van der Waals surface area contributed by atoms with E-state index in [-0.39, 0.29) is 66.0 Å². The molecule has 0 spiro atoms. The molecule has 2 aliphatic carbocycles. The molecule has 13 heteroatoms. The number of carbonyl (C=O) groups excluding carboxylic acids is 2. The molecule has 0 radical (unpaired) electrons. The molecule has 1 N–H and O–H groups in total. The van der Waals surface area contributed by atoms with Crippen LogP contribution in [0, 0.1) is 5.92 Å². The molecule has 9 nitrogen and oxygen atoms in total. The van der Waals surface area contributed by atoms with Crippen LogP contribution in [-0.2, 0) is 31.0 Å². The molecule has 352 valence electrons. The summed E-state index contributed by atoms with van der Waals surface area (Å²) in [7, 11) is 0. The summed E-state index contributed by atoms with van der Waals surface area (Å²) in [5, 5.41) is 3.24. The number of amides is 1. The standard InChI is InChI=1S/C56H48Cl2F2N2O7/c57-47-32-61-33-48(58)45(47)31-51(37-26-27-50(69-54(59)60)52(30-37)65-34-36-24-25-36)68-53(63)49(62-55(64)66-35-46-43-22-12-10-20-41(43)42-21-11-13-23-44(42)46)28-29-67-56(38-14-4-1-5-15-38,39-16-6-2-7-17-39)40-18-8-3-9-19-40/h1-23,26-27,30,32-33,36,46,49,51,54H,24-25,28-29,31,34-35H2,(H,62,64)/t49-,51+/m1/s1. The predicted molar refractivity (Wildman–Crippen MR) is 260 cm³/mol. The average molecular weight is 970 g/mol. The number of benzene rings is 6. The fraction of sp³-hybridized carbons (Fsp3) is 0.232. The number of halogens is 4. The number of aromatic nitrogens is 1. The van der Waals surface area contributed by atoms with E-state index in [2.05, 4.69) is 10.3 Å². The third-order valence-electron chi connectivity index (χ3n) is 12.5. The van der Waals surface area contributed by atoms with Gasteiger partial charge in [-0.05, 0) is 81.0 Å². The van der Waals surface area contributed by atoms with Crippen molar-refractivity contribution in [1.29, 1.82) is 0 Å². The Balaban J connectivity index is 1.04.